The number of carbonyl (C=O) groups excluding carboxylic acids is 1. The second-order valence-corrected chi connectivity index (χ2v) is 3.34. The number of nitrogens with two attached hydrogens (primary N) is 1. The summed E-state index contributed by atoms with van der Waals surface area (Å²) in [5.41, 5.74) is 6.89. The van der Waals surface area contributed by atoms with Crippen LogP contribution in [-0.4, -0.2) is 18.7 Å². The molecular formula is C10H13N3O2. The Morgan fingerprint density at radius 1 is 1.60 bits per heavy atom. The van der Waals surface area contributed by atoms with Crippen LogP contribution in [0.2, 0.25) is 0 Å². The van der Waals surface area contributed by atoms with Crippen LogP contribution in [0.5, 0.6) is 5.75 Å². The molecule has 0 aliphatic carbocycles. The van der Waals surface area contributed by atoms with Gasteiger partial charge in [0.05, 0.1) is 12.4 Å². The minimum Gasteiger partial charge on any atom is -0.479 e. The first-order valence-corrected chi connectivity index (χ1v) is 4.76. The van der Waals surface area contributed by atoms with Gasteiger partial charge in [-0.25, -0.2) is 0 Å². The van der Waals surface area contributed by atoms with Crippen LogP contribution in [0.15, 0.2) is 18.2 Å². The highest BCUT2D eigenvalue weighted by atomic mass is 16.5. The zero-order valence-corrected chi connectivity index (χ0v) is 8.41. The third kappa shape index (κ3) is 1.87. The summed E-state index contributed by atoms with van der Waals surface area (Å²) in [6.07, 6.45) is -0.439. The highest BCUT2D eigenvalue weighted by Gasteiger charge is 2.23. The molecule has 1 aliphatic heterocycles. The van der Waals surface area contributed by atoms with E-state index in [2.05, 4.69) is 10.6 Å². The first-order valence-electron chi connectivity index (χ1n) is 4.76. The van der Waals surface area contributed by atoms with Crippen LogP contribution < -0.4 is 21.1 Å². The molecule has 5 nitrogen and oxygen atoms in total. The lowest BCUT2D eigenvalue weighted by atomic mass is 10.2. The van der Waals surface area contributed by atoms with Gasteiger partial charge in [0.2, 0.25) is 0 Å². The number of amides is 1. The van der Waals surface area contributed by atoms with Crippen LogP contribution >= 0.6 is 0 Å². The first-order chi connectivity index (χ1) is 7.20. The van der Waals surface area contributed by atoms with E-state index in [1.807, 2.05) is 12.1 Å². The van der Waals surface area contributed by atoms with Crippen molar-refractivity contribution in [3.63, 3.8) is 0 Å². The van der Waals surface area contributed by atoms with E-state index < -0.39 is 6.10 Å². The minimum absolute atomic E-state index is 0.132. The molecule has 1 unspecified atom stereocenters. The van der Waals surface area contributed by atoms with Crippen molar-refractivity contribution in [2.45, 2.75) is 13.0 Å². The van der Waals surface area contributed by atoms with Gasteiger partial charge in [0.1, 0.15) is 5.75 Å². The van der Waals surface area contributed by atoms with E-state index in [-0.39, 0.29) is 5.91 Å². The molecule has 4 N–H and O–H groups in total. The molecule has 0 saturated carbocycles. The lowest BCUT2D eigenvalue weighted by Gasteiger charge is -2.23. The van der Waals surface area contributed by atoms with E-state index >= 15 is 0 Å². The largest absolute Gasteiger partial charge is 0.479 e. The molecule has 1 aliphatic rings. The molecule has 0 radical (unpaired) electrons. The van der Waals surface area contributed by atoms with E-state index in [1.165, 1.54) is 0 Å². The Morgan fingerprint density at radius 3 is 3.13 bits per heavy atom. The second-order valence-electron chi connectivity index (χ2n) is 3.34. The summed E-state index contributed by atoms with van der Waals surface area (Å²) in [5.74, 6) is 0.553. The van der Waals surface area contributed by atoms with Crippen molar-refractivity contribution in [3.8, 4) is 5.75 Å². The summed E-state index contributed by atoms with van der Waals surface area (Å²) in [5, 5.41) is 5.72. The van der Waals surface area contributed by atoms with Crippen LogP contribution in [0.4, 0.5) is 11.4 Å². The van der Waals surface area contributed by atoms with Crippen molar-refractivity contribution >= 4 is 17.3 Å². The fraction of sp³-hybridized carbons (Fsp3) is 0.300. The Morgan fingerprint density at radius 2 is 2.40 bits per heavy atom. The maximum Gasteiger partial charge on any atom is 0.265 e. The predicted octanol–water partition coefficient (Wildman–Crippen LogP) is 0.734. The highest BCUT2D eigenvalue weighted by Crippen LogP contribution is 2.31. The molecule has 1 aromatic carbocycles. The van der Waals surface area contributed by atoms with Crippen LogP contribution in [0.25, 0.3) is 0 Å². The minimum atomic E-state index is -0.439. The Labute approximate surface area is 87.6 Å². The van der Waals surface area contributed by atoms with E-state index in [9.17, 15) is 4.79 Å². The maximum atomic E-state index is 11.3. The van der Waals surface area contributed by atoms with Crippen molar-refractivity contribution in [1.82, 2.24) is 0 Å². The summed E-state index contributed by atoms with van der Waals surface area (Å²) in [6, 6.07) is 5.46. The molecule has 0 bridgehead atoms. The number of hydrogen-bond acceptors (Lipinski definition) is 4. The van der Waals surface area contributed by atoms with E-state index in [0.717, 1.165) is 5.69 Å². The van der Waals surface area contributed by atoms with Crippen LogP contribution in [0.3, 0.4) is 0 Å². The molecule has 1 amide bonds. The van der Waals surface area contributed by atoms with Crippen molar-refractivity contribution in [2.24, 2.45) is 5.73 Å². The first kappa shape index (κ1) is 9.79. The van der Waals surface area contributed by atoms with E-state index in [4.69, 9.17) is 10.5 Å². The standard InChI is InChI=1S/C10H13N3O2/c1-6-10(14)13-8-4-7(12-5-11)2-3-9(8)15-6/h2-4,6,12H,5,11H2,1H3,(H,13,14). The number of anilines is 2. The Hall–Kier alpha value is -1.75. The summed E-state index contributed by atoms with van der Waals surface area (Å²) in [4.78, 5) is 11.3. The van der Waals surface area contributed by atoms with Gasteiger partial charge < -0.3 is 21.1 Å². The van der Waals surface area contributed by atoms with E-state index in [0.29, 0.717) is 18.1 Å². The maximum absolute atomic E-state index is 11.3. The topological polar surface area (TPSA) is 76.4 Å². The number of fused-ring (bicyclic) bond motifs is 1. The lowest BCUT2D eigenvalue weighted by molar-refractivity contribution is -0.122. The number of nitrogens with one attached hydrogen (secondary N) is 2. The molecular weight excluding hydrogens is 194 g/mol. The Bertz CT molecular complexity index is 392. The van der Waals surface area contributed by atoms with E-state index in [1.54, 1.807) is 13.0 Å². The average molecular weight is 207 g/mol. The van der Waals surface area contributed by atoms with Crippen molar-refractivity contribution in [1.29, 1.82) is 0 Å². The summed E-state index contributed by atoms with van der Waals surface area (Å²) in [7, 11) is 0. The molecule has 0 fully saturated rings. The van der Waals surface area contributed by atoms with Crippen molar-refractivity contribution < 1.29 is 9.53 Å². The van der Waals surface area contributed by atoms with Gasteiger partial charge >= 0.3 is 0 Å². The fourth-order valence-corrected chi connectivity index (χ4v) is 1.44. The van der Waals surface area contributed by atoms with Crippen molar-refractivity contribution in [3.05, 3.63) is 18.2 Å². The van der Waals surface area contributed by atoms with Gasteiger partial charge in [-0.15, -0.1) is 0 Å². The van der Waals surface area contributed by atoms with Gasteiger partial charge in [-0.3, -0.25) is 4.79 Å². The number of carbonyl (C=O) groups is 1. The molecule has 0 aromatic heterocycles. The van der Waals surface area contributed by atoms with Gasteiger partial charge in [-0.05, 0) is 25.1 Å². The summed E-state index contributed by atoms with van der Waals surface area (Å²) < 4.78 is 5.41. The number of hydrogen-bond donors (Lipinski definition) is 3. The average Bonchev–Trinajstić information content (AvgIpc) is 2.21. The molecule has 5 heteroatoms. The summed E-state index contributed by atoms with van der Waals surface area (Å²) >= 11 is 0. The molecule has 0 saturated heterocycles. The summed E-state index contributed by atoms with van der Waals surface area (Å²) in [6.45, 7) is 2.06. The van der Waals surface area contributed by atoms with Gasteiger partial charge in [-0.2, -0.15) is 0 Å². The second kappa shape index (κ2) is 3.78. The number of rotatable bonds is 2. The number of ether oxygens (including phenoxy) is 1. The van der Waals surface area contributed by atoms with Crippen LogP contribution in [0.1, 0.15) is 6.92 Å². The quantitative estimate of drug-likeness (QED) is 0.625. The molecule has 1 atom stereocenters. The zero-order chi connectivity index (χ0) is 10.8. The third-order valence-corrected chi connectivity index (χ3v) is 2.22. The molecule has 2 rings (SSSR count). The molecule has 80 valence electrons. The van der Waals surface area contributed by atoms with Crippen LogP contribution in [-0.2, 0) is 4.79 Å². The normalized spacial score (nSPS) is 18.8. The predicted molar refractivity (Wildman–Crippen MR) is 57.8 cm³/mol. The SMILES string of the molecule is CC1Oc2ccc(NCN)cc2NC1=O. The monoisotopic (exact) mass is 207 g/mol. The fourth-order valence-electron chi connectivity index (χ4n) is 1.44. The van der Waals surface area contributed by atoms with Gasteiger partial charge in [-0.1, -0.05) is 0 Å². The van der Waals surface area contributed by atoms with Gasteiger partial charge in [0.15, 0.2) is 6.10 Å². The van der Waals surface area contributed by atoms with Gasteiger partial charge in [0.25, 0.3) is 5.91 Å². The molecule has 15 heavy (non-hydrogen) atoms. The lowest BCUT2D eigenvalue weighted by Crippen LogP contribution is -2.34. The molecule has 1 heterocycles. The zero-order valence-electron chi connectivity index (χ0n) is 8.41. The molecule has 1 aromatic rings. The van der Waals surface area contributed by atoms with Crippen molar-refractivity contribution in [2.75, 3.05) is 17.3 Å². The number of benzene rings is 1. The smallest absolute Gasteiger partial charge is 0.265 e. The Balaban J connectivity index is 2.29. The Kier molecular flexibility index (Phi) is 2.47. The van der Waals surface area contributed by atoms with Crippen LogP contribution in [0, 0.1) is 0 Å². The third-order valence-electron chi connectivity index (χ3n) is 2.22. The van der Waals surface area contributed by atoms with Gasteiger partial charge in [0, 0.05) is 5.69 Å². The molecule has 0 spiro atoms. The highest BCUT2D eigenvalue weighted by molar-refractivity contribution is 5.98.